The zero-order chi connectivity index (χ0) is 13.7. The van der Waals surface area contributed by atoms with Crippen LogP contribution in [0.5, 0.6) is 0 Å². The predicted molar refractivity (Wildman–Crippen MR) is 77.5 cm³/mol. The maximum absolute atomic E-state index is 5.67. The third kappa shape index (κ3) is 3.49. The van der Waals surface area contributed by atoms with Gasteiger partial charge in [-0.05, 0) is 6.07 Å². The molecule has 6 nitrogen and oxygen atoms in total. The Morgan fingerprint density at radius 1 is 1.53 bits per heavy atom. The van der Waals surface area contributed by atoms with Crippen molar-refractivity contribution in [1.29, 1.82) is 0 Å². The summed E-state index contributed by atoms with van der Waals surface area (Å²) in [6, 6.07) is 1.78. The average molecular weight is 277 g/mol. The molecule has 0 spiro atoms. The quantitative estimate of drug-likeness (QED) is 0.775. The van der Waals surface area contributed by atoms with E-state index in [1.54, 1.807) is 36.4 Å². The van der Waals surface area contributed by atoms with Crippen LogP contribution in [0.3, 0.4) is 0 Å². The van der Waals surface area contributed by atoms with Crippen molar-refractivity contribution in [3.63, 3.8) is 0 Å². The Kier molecular flexibility index (Phi) is 4.43. The van der Waals surface area contributed by atoms with Gasteiger partial charge in [-0.3, -0.25) is 9.67 Å². The predicted octanol–water partition coefficient (Wildman–Crippen LogP) is 1.30. The van der Waals surface area contributed by atoms with Crippen LogP contribution in [0, 0.1) is 0 Å². The standard InChI is InChI=1S/C12H15N5OS/c1-18-5-4-17-8-9(6-15-17)16-11-7-14-3-2-10(11)12(13)19/h2-3,6-8,16H,4-5H2,1H3,(H2,13,19). The van der Waals surface area contributed by atoms with Crippen LogP contribution in [0.15, 0.2) is 30.9 Å². The molecule has 2 aromatic rings. The summed E-state index contributed by atoms with van der Waals surface area (Å²) in [5.41, 5.74) is 8.04. The summed E-state index contributed by atoms with van der Waals surface area (Å²) in [5, 5.41) is 7.41. The van der Waals surface area contributed by atoms with Gasteiger partial charge in [-0.25, -0.2) is 0 Å². The Hall–Kier alpha value is -1.99. The van der Waals surface area contributed by atoms with E-state index in [4.69, 9.17) is 22.7 Å². The molecule has 0 amide bonds. The first kappa shape index (κ1) is 13.4. The number of nitrogens with two attached hydrogens (primary N) is 1. The van der Waals surface area contributed by atoms with Crippen molar-refractivity contribution in [3.8, 4) is 0 Å². The molecule has 100 valence electrons. The normalized spacial score (nSPS) is 10.4. The van der Waals surface area contributed by atoms with Gasteiger partial charge in [0, 0.05) is 25.1 Å². The molecular weight excluding hydrogens is 262 g/mol. The number of hydrogen-bond donors (Lipinski definition) is 2. The number of hydrogen-bond acceptors (Lipinski definition) is 5. The largest absolute Gasteiger partial charge is 0.389 e. The summed E-state index contributed by atoms with van der Waals surface area (Å²) in [6.45, 7) is 1.32. The highest BCUT2D eigenvalue weighted by atomic mass is 32.1. The maximum atomic E-state index is 5.67. The molecule has 3 N–H and O–H groups in total. The number of rotatable bonds is 6. The number of pyridine rings is 1. The molecule has 0 fully saturated rings. The smallest absolute Gasteiger partial charge is 0.106 e. The van der Waals surface area contributed by atoms with Gasteiger partial charge in [0.1, 0.15) is 4.99 Å². The van der Waals surface area contributed by atoms with E-state index >= 15 is 0 Å². The fourth-order valence-corrected chi connectivity index (χ4v) is 1.78. The average Bonchev–Trinajstić information content (AvgIpc) is 2.84. The van der Waals surface area contributed by atoms with E-state index in [1.807, 2.05) is 6.20 Å². The van der Waals surface area contributed by atoms with Gasteiger partial charge >= 0.3 is 0 Å². The second kappa shape index (κ2) is 6.26. The van der Waals surface area contributed by atoms with Gasteiger partial charge in [0.2, 0.25) is 0 Å². The van der Waals surface area contributed by atoms with Crippen molar-refractivity contribution in [3.05, 3.63) is 36.4 Å². The molecular formula is C12H15N5OS. The van der Waals surface area contributed by atoms with Crippen molar-refractivity contribution in [2.45, 2.75) is 6.54 Å². The molecule has 2 rings (SSSR count). The second-order valence-electron chi connectivity index (χ2n) is 3.90. The van der Waals surface area contributed by atoms with E-state index < -0.39 is 0 Å². The van der Waals surface area contributed by atoms with E-state index in [-0.39, 0.29) is 0 Å². The summed E-state index contributed by atoms with van der Waals surface area (Å²) < 4.78 is 6.79. The van der Waals surface area contributed by atoms with Crippen molar-refractivity contribution in [2.24, 2.45) is 5.73 Å². The summed E-state index contributed by atoms with van der Waals surface area (Å²) in [5.74, 6) is 0. The molecule has 2 heterocycles. The summed E-state index contributed by atoms with van der Waals surface area (Å²) >= 11 is 5.00. The van der Waals surface area contributed by atoms with Gasteiger partial charge in [0.05, 0.1) is 36.9 Å². The molecule has 0 saturated heterocycles. The van der Waals surface area contributed by atoms with Crippen molar-refractivity contribution < 1.29 is 4.74 Å². The number of nitrogens with one attached hydrogen (secondary N) is 1. The number of anilines is 2. The van der Waals surface area contributed by atoms with E-state index in [0.29, 0.717) is 18.1 Å². The van der Waals surface area contributed by atoms with Crippen LogP contribution in [0.25, 0.3) is 0 Å². The van der Waals surface area contributed by atoms with Crippen LogP contribution in [0.4, 0.5) is 11.4 Å². The lowest BCUT2D eigenvalue weighted by atomic mass is 10.2. The Labute approximate surface area is 116 Å². The first-order valence-electron chi connectivity index (χ1n) is 5.73. The van der Waals surface area contributed by atoms with Crippen molar-refractivity contribution in [1.82, 2.24) is 14.8 Å². The van der Waals surface area contributed by atoms with Crippen LogP contribution >= 0.6 is 12.2 Å². The maximum Gasteiger partial charge on any atom is 0.106 e. The molecule has 7 heteroatoms. The number of nitrogens with zero attached hydrogens (tertiary/aromatic N) is 3. The first-order valence-corrected chi connectivity index (χ1v) is 6.14. The zero-order valence-corrected chi connectivity index (χ0v) is 11.4. The van der Waals surface area contributed by atoms with Gasteiger partial charge in [-0.15, -0.1) is 0 Å². The Balaban J connectivity index is 2.13. The fraction of sp³-hybridized carbons (Fsp3) is 0.250. The first-order chi connectivity index (χ1) is 9.20. The lowest BCUT2D eigenvalue weighted by Gasteiger charge is -2.08. The van der Waals surface area contributed by atoms with Crippen LogP contribution in [-0.2, 0) is 11.3 Å². The number of aromatic nitrogens is 3. The minimum atomic E-state index is 0.330. The van der Waals surface area contributed by atoms with Gasteiger partial charge in [-0.2, -0.15) is 5.10 Å². The number of thiocarbonyl (C=S) groups is 1. The molecule has 19 heavy (non-hydrogen) atoms. The molecule has 0 saturated carbocycles. The summed E-state index contributed by atoms with van der Waals surface area (Å²) in [7, 11) is 1.66. The van der Waals surface area contributed by atoms with Gasteiger partial charge in [0.25, 0.3) is 0 Å². The topological polar surface area (TPSA) is 78.0 Å². The lowest BCUT2D eigenvalue weighted by molar-refractivity contribution is 0.183. The molecule has 0 bridgehead atoms. The highest BCUT2D eigenvalue weighted by Gasteiger charge is 2.06. The van der Waals surface area contributed by atoms with Gasteiger partial charge in [-0.1, -0.05) is 12.2 Å². The van der Waals surface area contributed by atoms with E-state index in [9.17, 15) is 0 Å². The molecule has 0 aliphatic heterocycles. The highest BCUT2D eigenvalue weighted by molar-refractivity contribution is 7.80. The number of methoxy groups -OCH3 is 1. The molecule has 0 aromatic carbocycles. The van der Waals surface area contributed by atoms with Crippen LogP contribution in [0.1, 0.15) is 5.56 Å². The minimum Gasteiger partial charge on any atom is -0.389 e. The third-order valence-electron chi connectivity index (χ3n) is 2.52. The highest BCUT2D eigenvalue weighted by Crippen LogP contribution is 2.19. The van der Waals surface area contributed by atoms with Crippen LogP contribution < -0.4 is 11.1 Å². The summed E-state index contributed by atoms with van der Waals surface area (Å²) in [6.07, 6.45) is 6.95. The van der Waals surface area contributed by atoms with Crippen molar-refractivity contribution in [2.75, 3.05) is 19.0 Å². The monoisotopic (exact) mass is 277 g/mol. The van der Waals surface area contributed by atoms with Crippen molar-refractivity contribution >= 4 is 28.6 Å². The second-order valence-corrected chi connectivity index (χ2v) is 4.34. The SMILES string of the molecule is COCCn1cc(Nc2cnccc2C(N)=S)cn1. The van der Waals surface area contributed by atoms with E-state index in [2.05, 4.69) is 15.4 Å². The van der Waals surface area contributed by atoms with Gasteiger partial charge < -0.3 is 15.8 Å². The van der Waals surface area contributed by atoms with Crippen LogP contribution in [0.2, 0.25) is 0 Å². The molecule has 2 aromatic heterocycles. The third-order valence-corrected chi connectivity index (χ3v) is 2.74. The van der Waals surface area contributed by atoms with E-state index in [0.717, 1.165) is 16.9 Å². The molecule has 0 atom stereocenters. The van der Waals surface area contributed by atoms with Gasteiger partial charge in [0.15, 0.2) is 0 Å². The molecule has 0 unspecified atom stereocenters. The molecule has 0 radical (unpaired) electrons. The Morgan fingerprint density at radius 3 is 3.11 bits per heavy atom. The van der Waals surface area contributed by atoms with Crippen LogP contribution in [-0.4, -0.2) is 33.5 Å². The Bertz CT molecular complexity index is 569. The molecule has 0 aliphatic carbocycles. The lowest BCUT2D eigenvalue weighted by Crippen LogP contribution is -2.12. The number of ether oxygens (including phenoxy) is 1. The molecule has 0 aliphatic rings. The fourth-order valence-electron chi connectivity index (χ4n) is 1.60. The zero-order valence-electron chi connectivity index (χ0n) is 10.5. The minimum absolute atomic E-state index is 0.330. The van der Waals surface area contributed by atoms with E-state index in [1.165, 1.54) is 0 Å². The summed E-state index contributed by atoms with van der Waals surface area (Å²) in [4.78, 5) is 4.39. The Morgan fingerprint density at radius 2 is 2.37 bits per heavy atom.